The number of rotatable bonds is 3. The zero-order valence-corrected chi connectivity index (χ0v) is 10.0. The number of esters is 1. The predicted molar refractivity (Wildman–Crippen MR) is 60.4 cm³/mol. The van der Waals surface area contributed by atoms with Gasteiger partial charge in [-0.05, 0) is 12.5 Å². The highest BCUT2D eigenvalue weighted by atomic mass is 16.7. The van der Waals surface area contributed by atoms with E-state index in [1.165, 1.54) is 11.0 Å². The molecular formula is C11H15N2O5+. The highest BCUT2D eigenvalue weighted by molar-refractivity contribution is 5.86. The number of likely N-dealkylation sites (tertiary alicyclic amines) is 1. The molecule has 7 heteroatoms. The van der Waals surface area contributed by atoms with Crippen molar-refractivity contribution >= 4 is 11.9 Å². The molecule has 2 rings (SSSR count). The van der Waals surface area contributed by atoms with Crippen LogP contribution in [-0.2, 0) is 4.74 Å². The Balaban J connectivity index is 1.96. The molecule has 1 aliphatic rings. The van der Waals surface area contributed by atoms with Crippen LogP contribution in [0.15, 0.2) is 16.5 Å². The zero-order valence-electron chi connectivity index (χ0n) is 10.0. The Morgan fingerprint density at radius 3 is 3.00 bits per heavy atom. The van der Waals surface area contributed by atoms with Gasteiger partial charge >= 0.3 is 11.9 Å². The van der Waals surface area contributed by atoms with Crippen molar-refractivity contribution in [2.75, 3.05) is 20.1 Å². The van der Waals surface area contributed by atoms with Crippen LogP contribution < -0.4 is 4.90 Å². The number of hydrogen-bond acceptors (Lipinski definition) is 5. The maximum absolute atomic E-state index is 11.7. The molecule has 1 N–H and O–H groups in total. The Labute approximate surface area is 103 Å². The molecule has 2 heterocycles. The second-order valence-electron chi connectivity index (χ2n) is 4.48. The minimum atomic E-state index is -0.685. The van der Waals surface area contributed by atoms with Crippen LogP contribution in [0.4, 0.5) is 5.88 Å². The molecule has 0 bridgehead atoms. The van der Waals surface area contributed by atoms with Crippen molar-refractivity contribution in [2.45, 2.75) is 18.9 Å². The summed E-state index contributed by atoms with van der Waals surface area (Å²) >= 11 is 0. The average molecular weight is 255 g/mol. The molecule has 0 spiro atoms. The third-order valence-corrected chi connectivity index (χ3v) is 2.95. The number of nitrogens with one attached hydrogen (secondary N) is 1. The van der Waals surface area contributed by atoms with E-state index in [1.54, 1.807) is 0 Å². The fourth-order valence-electron chi connectivity index (χ4n) is 2.07. The molecular weight excluding hydrogens is 240 g/mol. The fourth-order valence-corrected chi connectivity index (χ4v) is 2.07. The molecule has 18 heavy (non-hydrogen) atoms. The van der Waals surface area contributed by atoms with Crippen LogP contribution in [0.2, 0.25) is 0 Å². The van der Waals surface area contributed by atoms with Crippen LogP contribution in [0, 0.1) is 10.1 Å². The minimum Gasteiger partial charge on any atom is -0.451 e. The lowest BCUT2D eigenvalue weighted by molar-refractivity contribution is -0.888. The molecule has 1 saturated heterocycles. The summed E-state index contributed by atoms with van der Waals surface area (Å²) < 4.78 is 10.1. The number of carbonyl (C=O) groups is 1. The van der Waals surface area contributed by atoms with Gasteiger partial charge in [0.15, 0.2) is 6.10 Å². The highest BCUT2D eigenvalue weighted by Gasteiger charge is 2.26. The van der Waals surface area contributed by atoms with Crippen molar-refractivity contribution in [3.05, 3.63) is 28.0 Å². The van der Waals surface area contributed by atoms with Crippen molar-refractivity contribution in [1.82, 2.24) is 0 Å². The molecule has 1 aliphatic heterocycles. The predicted octanol–water partition coefficient (Wildman–Crippen LogP) is 0.0217. The van der Waals surface area contributed by atoms with E-state index in [0.717, 1.165) is 32.0 Å². The van der Waals surface area contributed by atoms with E-state index in [0.29, 0.717) is 0 Å². The van der Waals surface area contributed by atoms with Crippen LogP contribution in [0.25, 0.3) is 0 Å². The summed E-state index contributed by atoms with van der Waals surface area (Å²) in [5.41, 5.74) is 0. The first kappa shape index (κ1) is 12.6. The molecule has 0 aromatic carbocycles. The molecule has 1 aromatic rings. The van der Waals surface area contributed by atoms with Gasteiger partial charge in [-0.3, -0.25) is 10.1 Å². The molecule has 2 atom stereocenters. The van der Waals surface area contributed by atoms with Gasteiger partial charge in [0.25, 0.3) is 0 Å². The first-order chi connectivity index (χ1) is 8.56. The summed E-state index contributed by atoms with van der Waals surface area (Å²) in [6.07, 6.45) is 1.68. The maximum atomic E-state index is 11.7. The molecule has 0 radical (unpaired) electrons. The fraction of sp³-hybridized carbons (Fsp3) is 0.545. The molecule has 1 fully saturated rings. The van der Waals surface area contributed by atoms with Crippen molar-refractivity contribution in [1.29, 1.82) is 0 Å². The van der Waals surface area contributed by atoms with E-state index in [9.17, 15) is 14.9 Å². The molecule has 0 saturated carbocycles. The van der Waals surface area contributed by atoms with Crippen LogP contribution in [0.5, 0.6) is 0 Å². The average Bonchev–Trinajstić information content (AvgIpc) is 2.78. The van der Waals surface area contributed by atoms with Crippen molar-refractivity contribution in [2.24, 2.45) is 0 Å². The Bertz CT molecular complexity index is 456. The summed E-state index contributed by atoms with van der Waals surface area (Å²) in [6, 6.07) is 2.41. The van der Waals surface area contributed by atoms with Crippen molar-refractivity contribution < 1.29 is 23.8 Å². The standard InChI is InChI=1S/C11H14N2O5/c1-12-6-2-3-8(7-12)17-11(14)9-4-5-10(18-9)13(15)16/h4-5,8H,2-3,6-7H2,1H3/p+1/t8-/m1/s1. The SMILES string of the molecule is C[NH+]1CCC[C@@H](OC(=O)c2ccc([N+](=O)[O-])o2)C1. The van der Waals surface area contributed by atoms with Crippen LogP contribution >= 0.6 is 0 Å². The lowest BCUT2D eigenvalue weighted by Crippen LogP contribution is -3.11. The number of nitro groups is 1. The van der Waals surface area contributed by atoms with E-state index >= 15 is 0 Å². The summed E-state index contributed by atoms with van der Waals surface area (Å²) in [6.45, 7) is 1.83. The number of nitrogens with zero attached hydrogens (tertiary/aromatic N) is 1. The van der Waals surface area contributed by atoms with Crippen molar-refractivity contribution in [3.8, 4) is 0 Å². The third-order valence-electron chi connectivity index (χ3n) is 2.95. The van der Waals surface area contributed by atoms with E-state index in [-0.39, 0.29) is 11.9 Å². The summed E-state index contributed by atoms with van der Waals surface area (Å²) in [7, 11) is 2.04. The van der Waals surface area contributed by atoms with Gasteiger partial charge < -0.3 is 14.1 Å². The molecule has 98 valence electrons. The molecule has 1 aromatic heterocycles. The van der Waals surface area contributed by atoms with Gasteiger partial charge in [0.05, 0.1) is 19.7 Å². The largest absolute Gasteiger partial charge is 0.451 e. The number of carbonyl (C=O) groups excluding carboxylic acids is 1. The summed E-state index contributed by atoms with van der Waals surface area (Å²) in [4.78, 5) is 22.8. The number of likely N-dealkylation sites (N-methyl/N-ethyl adjacent to an activating group) is 1. The smallest absolute Gasteiger partial charge is 0.433 e. The number of quaternary nitrogens is 1. The normalized spacial score (nSPS) is 23.6. The molecule has 1 unspecified atom stereocenters. The molecule has 7 nitrogen and oxygen atoms in total. The Hall–Kier alpha value is -1.89. The number of hydrogen-bond donors (Lipinski definition) is 1. The van der Waals surface area contributed by atoms with Crippen LogP contribution in [0.3, 0.4) is 0 Å². The quantitative estimate of drug-likeness (QED) is 0.467. The lowest BCUT2D eigenvalue weighted by Gasteiger charge is -2.26. The monoisotopic (exact) mass is 255 g/mol. The van der Waals surface area contributed by atoms with E-state index in [4.69, 9.17) is 9.15 Å². The van der Waals surface area contributed by atoms with Gasteiger partial charge in [0, 0.05) is 6.42 Å². The van der Waals surface area contributed by atoms with E-state index < -0.39 is 16.8 Å². The highest BCUT2D eigenvalue weighted by Crippen LogP contribution is 2.17. The number of furan rings is 1. The lowest BCUT2D eigenvalue weighted by atomic mass is 10.1. The first-order valence-corrected chi connectivity index (χ1v) is 5.83. The van der Waals surface area contributed by atoms with Gasteiger partial charge in [-0.15, -0.1) is 0 Å². The Morgan fingerprint density at radius 2 is 2.39 bits per heavy atom. The molecule has 0 aliphatic carbocycles. The Morgan fingerprint density at radius 1 is 1.61 bits per heavy atom. The topological polar surface area (TPSA) is 87.0 Å². The van der Waals surface area contributed by atoms with E-state index in [2.05, 4.69) is 0 Å². The second-order valence-corrected chi connectivity index (χ2v) is 4.48. The zero-order chi connectivity index (χ0) is 13.1. The van der Waals surface area contributed by atoms with Crippen LogP contribution in [0.1, 0.15) is 23.4 Å². The third kappa shape index (κ3) is 2.86. The van der Waals surface area contributed by atoms with Gasteiger partial charge in [-0.1, -0.05) is 0 Å². The summed E-state index contributed by atoms with van der Waals surface area (Å²) in [5, 5.41) is 10.4. The maximum Gasteiger partial charge on any atom is 0.433 e. The molecule has 0 amide bonds. The van der Waals surface area contributed by atoms with Gasteiger partial charge in [-0.25, -0.2) is 4.79 Å². The van der Waals surface area contributed by atoms with Gasteiger partial charge in [-0.2, -0.15) is 0 Å². The number of piperidine rings is 1. The number of ether oxygens (including phenoxy) is 1. The Kier molecular flexibility index (Phi) is 3.61. The van der Waals surface area contributed by atoms with E-state index in [1.807, 2.05) is 7.05 Å². The minimum absolute atomic E-state index is 0.120. The summed E-state index contributed by atoms with van der Waals surface area (Å²) in [5.74, 6) is -1.21. The van der Waals surface area contributed by atoms with Gasteiger partial charge in [0.2, 0.25) is 5.76 Å². The van der Waals surface area contributed by atoms with Crippen molar-refractivity contribution in [3.63, 3.8) is 0 Å². The van der Waals surface area contributed by atoms with Gasteiger partial charge in [0.1, 0.15) is 11.5 Å². The van der Waals surface area contributed by atoms with Crippen LogP contribution in [-0.4, -0.2) is 37.1 Å². The second kappa shape index (κ2) is 5.18. The first-order valence-electron chi connectivity index (χ1n) is 5.83.